The highest BCUT2D eigenvalue weighted by Gasteiger charge is 2.42. The number of halogens is 1. The zero-order valence-corrected chi connectivity index (χ0v) is 13.2. The van der Waals surface area contributed by atoms with Gasteiger partial charge in [-0.1, -0.05) is 15.9 Å². The zero-order chi connectivity index (χ0) is 14.2. The molecule has 19 heavy (non-hydrogen) atoms. The van der Waals surface area contributed by atoms with Gasteiger partial charge in [-0.25, -0.2) is 0 Å². The van der Waals surface area contributed by atoms with Gasteiger partial charge in [0.25, 0.3) is 0 Å². The van der Waals surface area contributed by atoms with Gasteiger partial charge in [-0.05, 0) is 57.4 Å². The summed E-state index contributed by atoms with van der Waals surface area (Å²) in [6.45, 7) is 7.03. The van der Waals surface area contributed by atoms with Crippen LogP contribution in [0.1, 0.15) is 32.3 Å². The van der Waals surface area contributed by atoms with Crippen molar-refractivity contribution in [2.45, 2.75) is 39.2 Å². The van der Waals surface area contributed by atoms with Crippen LogP contribution in [0.15, 0.2) is 22.7 Å². The van der Waals surface area contributed by atoms with Crippen molar-refractivity contribution in [1.29, 1.82) is 0 Å². The molecule has 4 heteroatoms. The SMILES string of the molecule is Cc1cc(N2CCCC(C(=O)O)C2(C)C)ccc1Br. The van der Waals surface area contributed by atoms with E-state index in [1.165, 1.54) is 5.56 Å². The van der Waals surface area contributed by atoms with Gasteiger partial charge in [0.15, 0.2) is 0 Å². The van der Waals surface area contributed by atoms with Gasteiger partial charge in [0.05, 0.1) is 5.92 Å². The zero-order valence-electron chi connectivity index (χ0n) is 11.6. The fraction of sp³-hybridized carbons (Fsp3) is 0.533. The van der Waals surface area contributed by atoms with Gasteiger partial charge < -0.3 is 10.0 Å². The molecule has 0 spiro atoms. The highest BCUT2D eigenvalue weighted by Crippen LogP contribution is 2.38. The molecule has 3 nitrogen and oxygen atoms in total. The van der Waals surface area contributed by atoms with Crippen molar-refractivity contribution in [3.63, 3.8) is 0 Å². The van der Waals surface area contributed by atoms with E-state index in [0.717, 1.165) is 29.5 Å². The first-order chi connectivity index (χ1) is 8.84. The summed E-state index contributed by atoms with van der Waals surface area (Å²) in [4.78, 5) is 13.7. The Morgan fingerprint density at radius 3 is 2.74 bits per heavy atom. The van der Waals surface area contributed by atoms with Crippen LogP contribution >= 0.6 is 15.9 Å². The molecule has 0 amide bonds. The Bertz CT molecular complexity index is 499. The molecular formula is C15H20BrNO2. The first-order valence-electron chi connectivity index (χ1n) is 6.60. The van der Waals surface area contributed by atoms with E-state index in [9.17, 15) is 9.90 Å². The Kier molecular flexibility index (Phi) is 3.90. The summed E-state index contributed by atoms with van der Waals surface area (Å²) >= 11 is 3.50. The first kappa shape index (κ1) is 14.4. The second kappa shape index (κ2) is 5.16. The van der Waals surface area contributed by atoms with E-state index >= 15 is 0 Å². The Morgan fingerprint density at radius 2 is 2.16 bits per heavy atom. The minimum atomic E-state index is -0.691. The van der Waals surface area contributed by atoms with Crippen LogP contribution in [0.3, 0.4) is 0 Å². The number of rotatable bonds is 2. The maximum atomic E-state index is 11.4. The van der Waals surface area contributed by atoms with Crippen LogP contribution in [-0.2, 0) is 4.79 Å². The summed E-state index contributed by atoms with van der Waals surface area (Å²) < 4.78 is 1.08. The number of anilines is 1. The lowest BCUT2D eigenvalue weighted by Gasteiger charge is -2.48. The van der Waals surface area contributed by atoms with Crippen LogP contribution in [0.25, 0.3) is 0 Å². The van der Waals surface area contributed by atoms with Crippen molar-refractivity contribution in [2.24, 2.45) is 5.92 Å². The maximum absolute atomic E-state index is 11.4. The topological polar surface area (TPSA) is 40.5 Å². The number of piperidine rings is 1. The normalized spacial score (nSPS) is 22.3. The van der Waals surface area contributed by atoms with E-state index in [4.69, 9.17) is 0 Å². The molecule has 0 aromatic heterocycles. The molecule has 1 aromatic rings. The average molecular weight is 326 g/mol. The van der Waals surface area contributed by atoms with Gasteiger partial charge in [-0.15, -0.1) is 0 Å². The molecule has 1 aliphatic rings. The van der Waals surface area contributed by atoms with Crippen LogP contribution in [0.5, 0.6) is 0 Å². The van der Waals surface area contributed by atoms with Crippen molar-refractivity contribution >= 4 is 27.6 Å². The molecule has 1 saturated heterocycles. The molecular weight excluding hydrogens is 306 g/mol. The number of benzene rings is 1. The molecule has 1 atom stereocenters. The lowest BCUT2D eigenvalue weighted by molar-refractivity contribution is -0.144. The minimum Gasteiger partial charge on any atom is -0.481 e. The van der Waals surface area contributed by atoms with E-state index in [0.29, 0.717) is 0 Å². The highest BCUT2D eigenvalue weighted by molar-refractivity contribution is 9.10. The minimum absolute atomic E-state index is 0.315. The van der Waals surface area contributed by atoms with Gasteiger partial charge in [0.1, 0.15) is 0 Å². The monoisotopic (exact) mass is 325 g/mol. The number of aryl methyl sites for hydroxylation is 1. The van der Waals surface area contributed by atoms with Crippen molar-refractivity contribution < 1.29 is 9.90 Å². The number of carboxylic acid groups (broad SMARTS) is 1. The number of hydrogen-bond donors (Lipinski definition) is 1. The summed E-state index contributed by atoms with van der Waals surface area (Å²) in [5, 5.41) is 9.40. The van der Waals surface area contributed by atoms with E-state index < -0.39 is 5.97 Å². The number of aliphatic carboxylic acids is 1. The Morgan fingerprint density at radius 1 is 1.47 bits per heavy atom. The number of hydrogen-bond acceptors (Lipinski definition) is 2. The summed E-state index contributed by atoms with van der Waals surface area (Å²) in [5.74, 6) is -1.01. The number of nitrogens with zero attached hydrogens (tertiary/aromatic N) is 1. The van der Waals surface area contributed by atoms with Crippen LogP contribution < -0.4 is 4.90 Å². The number of carbonyl (C=O) groups is 1. The number of carboxylic acids is 1. The molecule has 1 fully saturated rings. The van der Waals surface area contributed by atoms with Crippen molar-refractivity contribution in [2.75, 3.05) is 11.4 Å². The van der Waals surface area contributed by atoms with Gasteiger partial charge in [0.2, 0.25) is 0 Å². The average Bonchev–Trinajstić information content (AvgIpc) is 2.31. The van der Waals surface area contributed by atoms with Crippen molar-refractivity contribution in [3.8, 4) is 0 Å². The second-order valence-corrected chi connectivity index (χ2v) is 6.63. The van der Waals surface area contributed by atoms with E-state index in [1.54, 1.807) is 0 Å². The second-order valence-electron chi connectivity index (χ2n) is 5.77. The molecule has 1 aromatic carbocycles. The molecule has 104 valence electrons. The van der Waals surface area contributed by atoms with Gasteiger partial charge >= 0.3 is 5.97 Å². The fourth-order valence-electron chi connectivity index (χ4n) is 2.97. The summed E-state index contributed by atoms with van der Waals surface area (Å²) in [7, 11) is 0. The van der Waals surface area contributed by atoms with Crippen LogP contribution in [0, 0.1) is 12.8 Å². The Hall–Kier alpha value is -1.03. The smallest absolute Gasteiger partial charge is 0.308 e. The van der Waals surface area contributed by atoms with Crippen molar-refractivity contribution in [3.05, 3.63) is 28.2 Å². The molecule has 0 saturated carbocycles. The summed E-state index contributed by atoms with van der Waals surface area (Å²) in [6.07, 6.45) is 1.68. The molecule has 1 heterocycles. The maximum Gasteiger partial charge on any atom is 0.308 e. The standard InChI is InChI=1S/C15H20BrNO2/c1-10-9-11(6-7-13(10)16)17-8-4-5-12(14(18)19)15(17,2)3/h6-7,9,12H,4-5,8H2,1-3H3,(H,18,19). The van der Waals surface area contributed by atoms with Crippen molar-refractivity contribution in [1.82, 2.24) is 0 Å². The molecule has 2 rings (SSSR count). The summed E-state index contributed by atoms with van der Waals surface area (Å²) in [5.41, 5.74) is 1.92. The highest BCUT2D eigenvalue weighted by atomic mass is 79.9. The Balaban J connectivity index is 2.37. The largest absolute Gasteiger partial charge is 0.481 e. The lowest BCUT2D eigenvalue weighted by Crippen LogP contribution is -2.55. The first-order valence-corrected chi connectivity index (χ1v) is 7.40. The fourth-order valence-corrected chi connectivity index (χ4v) is 3.21. The quantitative estimate of drug-likeness (QED) is 0.898. The van der Waals surface area contributed by atoms with Gasteiger partial charge in [0, 0.05) is 22.2 Å². The molecule has 0 bridgehead atoms. The van der Waals surface area contributed by atoms with Gasteiger partial charge in [-0.2, -0.15) is 0 Å². The van der Waals surface area contributed by atoms with E-state index in [1.807, 2.05) is 19.9 Å². The molecule has 1 aliphatic heterocycles. The molecule has 0 radical (unpaired) electrons. The third-order valence-electron chi connectivity index (χ3n) is 4.17. The lowest BCUT2D eigenvalue weighted by atomic mass is 9.78. The van der Waals surface area contributed by atoms with Crippen LogP contribution in [-0.4, -0.2) is 23.2 Å². The third kappa shape index (κ3) is 2.64. The predicted molar refractivity (Wildman–Crippen MR) is 80.7 cm³/mol. The molecule has 0 aliphatic carbocycles. The summed E-state index contributed by atoms with van der Waals surface area (Å²) in [6, 6.07) is 6.21. The molecule has 1 unspecified atom stereocenters. The Labute approximate surface area is 122 Å². The molecule has 1 N–H and O–H groups in total. The van der Waals surface area contributed by atoms with Crippen LogP contribution in [0.2, 0.25) is 0 Å². The predicted octanol–water partition coefficient (Wildman–Crippen LogP) is 3.84. The van der Waals surface area contributed by atoms with E-state index in [2.05, 4.69) is 39.9 Å². The van der Waals surface area contributed by atoms with E-state index in [-0.39, 0.29) is 11.5 Å². The van der Waals surface area contributed by atoms with Gasteiger partial charge in [-0.3, -0.25) is 4.79 Å². The third-order valence-corrected chi connectivity index (χ3v) is 5.06. The van der Waals surface area contributed by atoms with Crippen LogP contribution in [0.4, 0.5) is 5.69 Å².